The van der Waals surface area contributed by atoms with Crippen molar-refractivity contribution in [1.29, 1.82) is 0 Å². The van der Waals surface area contributed by atoms with Crippen LogP contribution in [0.1, 0.15) is 24.2 Å². The maximum atomic E-state index is 5.71. The van der Waals surface area contributed by atoms with E-state index in [2.05, 4.69) is 23.3 Å². The van der Waals surface area contributed by atoms with Gasteiger partial charge in [-0.25, -0.2) is 0 Å². The topological polar surface area (TPSA) is 43.4 Å². The van der Waals surface area contributed by atoms with Crippen LogP contribution in [0.2, 0.25) is 0 Å². The minimum Gasteiger partial charge on any atom is -0.486 e. The van der Waals surface area contributed by atoms with Crippen molar-refractivity contribution in [2.45, 2.75) is 19.5 Å². The van der Waals surface area contributed by atoms with E-state index < -0.39 is 0 Å². The van der Waals surface area contributed by atoms with E-state index in [9.17, 15) is 0 Å². The maximum Gasteiger partial charge on any atom is 0.165 e. The Balaban J connectivity index is 1.70. The van der Waals surface area contributed by atoms with E-state index >= 15 is 0 Å². The molecule has 0 radical (unpaired) electrons. The molecule has 20 heavy (non-hydrogen) atoms. The lowest BCUT2D eigenvalue weighted by Gasteiger charge is -2.22. The van der Waals surface area contributed by atoms with Gasteiger partial charge in [0.2, 0.25) is 0 Å². The molecule has 1 aromatic carbocycles. The SMILES string of the molecule is CC(NCc1cccc2c1OCCO2)c1ccccn1. The number of pyridine rings is 1. The van der Waals surface area contributed by atoms with Gasteiger partial charge < -0.3 is 14.8 Å². The van der Waals surface area contributed by atoms with Crippen molar-refractivity contribution in [2.24, 2.45) is 0 Å². The number of ether oxygens (including phenoxy) is 2. The Morgan fingerprint density at radius 2 is 2.05 bits per heavy atom. The molecule has 0 bridgehead atoms. The van der Waals surface area contributed by atoms with E-state index in [1.165, 1.54) is 0 Å². The molecule has 0 saturated heterocycles. The van der Waals surface area contributed by atoms with Crippen molar-refractivity contribution in [3.8, 4) is 11.5 Å². The van der Waals surface area contributed by atoms with Crippen molar-refractivity contribution in [1.82, 2.24) is 10.3 Å². The average Bonchev–Trinajstić information content (AvgIpc) is 2.53. The normalized spacial score (nSPS) is 14.8. The highest BCUT2D eigenvalue weighted by Crippen LogP contribution is 2.33. The summed E-state index contributed by atoms with van der Waals surface area (Å²) in [5.74, 6) is 1.69. The van der Waals surface area contributed by atoms with Gasteiger partial charge in [-0.1, -0.05) is 18.2 Å². The molecule has 1 aliphatic rings. The summed E-state index contributed by atoms with van der Waals surface area (Å²) in [7, 11) is 0. The monoisotopic (exact) mass is 270 g/mol. The number of hydrogen-bond donors (Lipinski definition) is 1. The Morgan fingerprint density at radius 3 is 2.90 bits per heavy atom. The van der Waals surface area contributed by atoms with Crippen LogP contribution in [0.4, 0.5) is 0 Å². The van der Waals surface area contributed by atoms with Crippen molar-refractivity contribution < 1.29 is 9.47 Å². The largest absolute Gasteiger partial charge is 0.486 e. The number of nitrogens with zero attached hydrogens (tertiary/aromatic N) is 1. The van der Waals surface area contributed by atoms with E-state index in [1.807, 2.05) is 36.5 Å². The van der Waals surface area contributed by atoms with Gasteiger partial charge in [-0.2, -0.15) is 0 Å². The van der Waals surface area contributed by atoms with Crippen molar-refractivity contribution in [2.75, 3.05) is 13.2 Å². The zero-order valence-electron chi connectivity index (χ0n) is 11.5. The second-order valence-electron chi connectivity index (χ2n) is 4.80. The molecule has 104 valence electrons. The van der Waals surface area contributed by atoms with Crippen LogP contribution in [0.5, 0.6) is 11.5 Å². The Hall–Kier alpha value is -2.07. The summed E-state index contributed by atoms with van der Waals surface area (Å²) in [5, 5.41) is 3.47. The van der Waals surface area contributed by atoms with Gasteiger partial charge in [0, 0.05) is 24.3 Å². The van der Waals surface area contributed by atoms with Crippen molar-refractivity contribution in [3.05, 3.63) is 53.9 Å². The van der Waals surface area contributed by atoms with Crippen LogP contribution < -0.4 is 14.8 Å². The Bertz CT molecular complexity index is 572. The van der Waals surface area contributed by atoms with Crippen molar-refractivity contribution in [3.63, 3.8) is 0 Å². The Labute approximate surface area is 118 Å². The third-order valence-corrected chi connectivity index (χ3v) is 3.38. The molecule has 2 aromatic rings. The molecule has 0 spiro atoms. The van der Waals surface area contributed by atoms with Crippen LogP contribution in [-0.2, 0) is 6.54 Å². The molecule has 4 heteroatoms. The fraction of sp³-hybridized carbons (Fsp3) is 0.312. The van der Waals surface area contributed by atoms with E-state index in [0.29, 0.717) is 13.2 Å². The van der Waals surface area contributed by atoms with Gasteiger partial charge in [-0.05, 0) is 25.1 Å². The predicted molar refractivity (Wildman–Crippen MR) is 76.9 cm³/mol. The fourth-order valence-electron chi connectivity index (χ4n) is 2.27. The highest BCUT2D eigenvalue weighted by Gasteiger charge is 2.16. The van der Waals surface area contributed by atoms with Gasteiger partial charge >= 0.3 is 0 Å². The van der Waals surface area contributed by atoms with Crippen LogP contribution in [0.3, 0.4) is 0 Å². The summed E-state index contributed by atoms with van der Waals surface area (Å²) in [6, 6.07) is 12.1. The molecule has 1 aromatic heterocycles. The average molecular weight is 270 g/mol. The first-order chi connectivity index (χ1) is 9.84. The van der Waals surface area contributed by atoms with Crippen LogP contribution in [0.25, 0.3) is 0 Å². The van der Waals surface area contributed by atoms with Gasteiger partial charge in [-0.15, -0.1) is 0 Å². The number of hydrogen-bond acceptors (Lipinski definition) is 4. The number of aromatic nitrogens is 1. The van der Waals surface area contributed by atoms with E-state index in [1.54, 1.807) is 0 Å². The summed E-state index contributed by atoms with van der Waals surface area (Å²) in [4.78, 5) is 4.36. The number of rotatable bonds is 4. The lowest BCUT2D eigenvalue weighted by atomic mass is 10.1. The second-order valence-corrected chi connectivity index (χ2v) is 4.80. The number of para-hydroxylation sites is 1. The minimum absolute atomic E-state index is 0.191. The Morgan fingerprint density at radius 1 is 1.15 bits per heavy atom. The number of benzene rings is 1. The van der Waals surface area contributed by atoms with E-state index in [0.717, 1.165) is 29.3 Å². The molecule has 2 heterocycles. The molecule has 3 rings (SSSR count). The molecule has 0 aliphatic carbocycles. The van der Waals surface area contributed by atoms with Crippen LogP contribution in [0, 0.1) is 0 Å². The number of nitrogens with one attached hydrogen (secondary N) is 1. The standard InChI is InChI=1S/C16H18N2O2/c1-12(14-6-2-3-8-17-14)18-11-13-5-4-7-15-16(13)20-10-9-19-15/h2-8,12,18H,9-11H2,1H3. The molecule has 4 nitrogen and oxygen atoms in total. The lowest BCUT2D eigenvalue weighted by molar-refractivity contribution is 0.169. The van der Waals surface area contributed by atoms with Gasteiger partial charge in [-0.3, -0.25) is 4.98 Å². The summed E-state index contributed by atoms with van der Waals surface area (Å²) in [6.07, 6.45) is 1.81. The van der Waals surface area contributed by atoms with Gasteiger partial charge in [0.1, 0.15) is 13.2 Å². The molecule has 0 amide bonds. The van der Waals surface area contributed by atoms with E-state index in [-0.39, 0.29) is 6.04 Å². The fourth-order valence-corrected chi connectivity index (χ4v) is 2.27. The highest BCUT2D eigenvalue weighted by molar-refractivity contribution is 5.47. The molecule has 1 unspecified atom stereocenters. The molecular weight excluding hydrogens is 252 g/mol. The van der Waals surface area contributed by atoms with E-state index in [4.69, 9.17) is 9.47 Å². The van der Waals surface area contributed by atoms with Crippen molar-refractivity contribution >= 4 is 0 Å². The molecule has 1 N–H and O–H groups in total. The molecule has 0 fully saturated rings. The minimum atomic E-state index is 0.191. The Kier molecular flexibility index (Phi) is 3.83. The highest BCUT2D eigenvalue weighted by atomic mass is 16.6. The second kappa shape index (κ2) is 5.92. The number of fused-ring (bicyclic) bond motifs is 1. The van der Waals surface area contributed by atoms with Crippen LogP contribution >= 0.6 is 0 Å². The van der Waals surface area contributed by atoms with Gasteiger partial charge in [0.15, 0.2) is 11.5 Å². The predicted octanol–water partition coefficient (Wildman–Crippen LogP) is 2.70. The quantitative estimate of drug-likeness (QED) is 0.927. The summed E-state index contributed by atoms with van der Waals surface area (Å²) in [5.41, 5.74) is 2.15. The smallest absolute Gasteiger partial charge is 0.165 e. The third-order valence-electron chi connectivity index (χ3n) is 3.38. The zero-order valence-corrected chi connectivity index (χ0v) is 11.5. The third kappa shape index (κ3) is 2.75. The maximum absolute atomic E-state index is 5.71. The lowest BCUT2D eigenvalue weighted by Crippen LogP contribution is -2.21. The van der Waals surface area contributed by atoms with Gasteiger partial charge in [0.05, 0.1) is 5.69 Å². The van der Waals surface area contributed by atoms with Gasteiger partial charge in [0.25, 0.3) is 0 Å². The molecular formula is C16H18N2O2. The molecule has 0 saturated carbocycles. The first-order valence-electron chi connectivity index (χ1n) is 6.86. The first-order valence-corrected chi connectivity index (χ1v) is 6.86. The van der Waals surface area contributed by atoms with Crippen LogP contribution in [0.15, 0.2) is 42.6 Å². The summed E-state index contributed by atoms with van der Waals surface area (Å²) < 4.78 is 11.3. The summed E-state index contributed by atoms with van der Waals surface area (Å²) >= 11 is 0. The molecule has 1 aliphatic heterocycles. The first kappa shape index (κ1) is 12.9. The summed E-state index contributed by atoms with van der Waals surface area (Å²) in [6.45, 7) is 4.06. The molecule has 1 atom stereocenters. The van der Waals surface area contributed by atoms with Crippen LogP contribution in [-0.4, -0.2) is 18.2 Å². The zero-order chi connectivity index (χ0) is 13.8.